The number of nitrogens with zero attached hydrogens (tertiary/aromatic N) is 2. The molecule has 1 aromatic carbocycles. The molecule has 134 valence electrons. The molecule has 4 nitrogen and oxygen atoms in total. The predicted octanol–water partition coefficient (Wildman–Crippen LogP) is 4.13. The number of pyridine rings is 1. The molecular weight excluding hydrogens is 324 g/mol. The van der Waals surface area contributed by atoms with Crippen molar-refractivity contribution in [3.8, 4) is 5.75 Å². The zero-order chi connectivity index (χ0) is 17.6. The summed E-state index contributed by atoms with van der Waals surface area (Å²) in [5.41, 5.74) is 1.84. The maximum Gasteiger partial charge on any atom is 0.387 e. The summed E-state index contributed by atoms with van der Waals surface area (Å²) in [5.74, 6) is 1.22. The summed E-state index contributed by atoms with van der Waals surface area (Å²) in [5, 5.41) is 3.38. The third-order valence-electron chi connectivity index (χ3n) is 4.45. The lowest BCUT2D eigenvalue weighted by atomic mass is 10.1. The molecule has 1 saturated heterocycles. The summed E-state index contributed by atoms with van der Waals surface area (Å²) in [6.07, 6.45) is 4.24. The Bertz CT molecular complexity index is 690. The largest absolute Gasteiger partial charge is 0.434 e. The fraction of sp³-hybridized carbons (Fsp3) is 0.421. The SMILES string of the molecule is C[C@H](NCc1ccnc(N2CCCC2)c1)c1ccccc1OC(F)F. The lowest BCUT2D eigenvalue weighted by Crippen LogP contribution is -2.21. The number of anilines is 1. The molecule has 1 aliphatic rings. The van der Waals surface area contributed by atoms with E-state index in [4.69, 9.17) is 0 Å². The molecule has 0 spiro atoms. The van der Waals surface area contributed by atoms with Crippen LogP contribution in [0.3, 0.4) is 0 Å². The molecule has 0 radical (unpaired) electrons. The molecule has 0 unspecified atom stereocenters. The Labute approximate surface area is 146 Å². The molecule has 1 atom stereocenters. The first-order valence-corrected chi connectivity index (χ1v) is 8.60. The topological polar surface area (TPSA) is 37.4 Å². The Kier molecular flexibility index (Phi) is 5.81. The van der Waals surface area contributed by atoms with Gasteiger partial charge in [0.2, 0.25) is 0 Å². The highest BCUT2D eigenvalue weighted by molar-refractivity contribution is 5.42. The van der Waals surface area contributed by atoms with E-state index in [9.17, 15) is 8.78 Å². The first kappa shape index (κ1) is 17.6. The number of benzene rings is 1. The average Bonchev–Trinajstić information content (AvgIpc) is 3.15. The van der Waals surface area contributed by atoms with Gasteiger partial charge in [0.05, 0.1) is 0 Å². The Balaban J connectivity index is 1.64. The van der Waals surface area contributed by atoms with Gasteiger partial charge in [-0.15, -0.1) is 0 Å². The number of nitrogens with one attached hydrogen (secondary N) is 1. The number of hydrogen-bond acceptors (Lipinski definition) is 4. The van der Waals surface area contributed by atoms with E-state index in [1.165, 1.54) is 12.8 Å². The van der Waals surface area contributed by atoms with Crippen molar-refractivity contribution >= 4 is 5.82 Å². The summed E-state index contributed by atoms with van der Waals surface area (Å²) in [6.45, 7) is 1.86. The number of alkyl halides is 2. The first-order chi connectivity index (χ1) is 12.1. The number of hydrogen-bond donors (Lipinski definition) is 1. The molecule has 0 bridgehead atoms. The molecule has 3 rings (SSSR count). The molecule has 25 heavy (non-hydrogen) atoms. The lowest BCUT2D eigenvalue weighted by molar-refractivity contribution is -0.0506. The van der Waals surface area contributed by atoms with Crippen LogP contribution in [0.5, 0.6) is 5.75 Å². The molecule has 6 heteroatoms. The van der Waals surface area contributed by atoms with Crippen molar-refractivity contribution in [1.29, 1.82) is 0 Å². The van der Waals surface area contributed by atoms with Crippen LogP contribution < -0.4 is 15.0 Å². The minimum absolute atomic E-state index is 0.113. The van der Waals surface area contributed by atoms with E-state index in [0.717, 1.165) is 30.0 Å². The molecule has 0 aliphatic carbocycles. The minimum Gasteiger partial charge on any atom is -0.434 e. The van der Waals surface area contributed by atoms with Gasteiger partial charge in [-0.1, -0.05) is 18.2 Å². The van der Waals surface area contributed by atoms with Gasteiger partial charge in [-0.2, -0.15) is 8.78 Å². The second-order valence-corrected chi connectivity index (χ2v) is 6.24. The van der Waals surface area contributed by atoms with Crippen LogP contribution in [-0.2, 0) is 6.54 Å². The third-order valence-corrected chi connectivity index (χ3v) is 4.45. The van der Waals surface area contributed by atoms with E-state index in [1.807, 2.05) is 25.3 Å². The van der Waals surface area contributed by atoms with Gasteiger partial charge < -0.3 is 15.0 Å². The van der Waals surface area contributed by atoms with Crippen molar-refractivity contribution in [2.24, 2.45) is 0 Å². The average molecular weight is 347 g/mol. The molecule has 0 amide bonds. The number of aromatic nitrogens is 1. The van der Waals surface area contributed by atoms with Crippen LogP contribution in [0.1, 0.15) is 36.9 Å². The highest BCUT2D eigenvalue weighted by Gasteiger charge is 2.16. The zero-order valence-corrected chi connectivity index (χ0v) is 14.3. The standard InChI is InChI=1S/C19H23F2N3O/c1-14(16-6-2-3-7-17(16)25-19(20)21)23-13-15-8-9-22-18(12-15)24-10-4-5-11-24/h2-3,6-9,12,14,19,23H,4-5,10-11,13H2,1H3/t14-/m0/s1. The van der Waals surface area contributed by atoms with E-state index in [0.29, 0.717) is 6.54 Å². The number of ether oxygens (including phenoxy) is 1. The monoisotopic (exact) mass is 347 g/mol. The van der Waals surface area contributed by atoms with Crippen molar-refractivity contribution in [3.63, 3.8) is 0 Å². The van der Waals surface area contributed by atoms with Crippen LogP contribution in [-0.4, -0.2) is 24.7 Å². The van der Waals surface area contributed by atoms with Crippen LogP contribution >= 0.6 is 0 Å². The van der Waals surface area contributed by atoms with Crippen molar-refractivity contribution in [2.45, 2.75) is 39.0 Å². The van der Waals surface area contributed by atoms with E-state index in [-0.39, 0.29) is 11.8 Å². The second kappa shape index (κ2) is 8.25. The smallest absolute Gasteiger partial charge is 0.387 e. The number of rotatable bonds is 7. The van der Waals surface area contributed by atoms with E-state index < -0.39 is 6.61 Å². The fourth-order valence-electron chi connectivity index (χ4n) is 3.11. The molecule has 2 heterocycles. The summed E-state index contributed by atoms with van der Waals surface area (Å²) >= 11 is 0. The lowest BCUT2D eigenvalue weighted by Gasteiger charge is -2.19. The predicted molar refractivity (Wildman–Crippen MR) is 94.0 cm³/mol. The Hall–Kier alpha value is -2.21. The fourth-order valence-corrected chi connectivity index (χ4v) is 3.11. The van der Waals surface area contributed by atoms with Gasteiger partial charge in [0.1, 0.15) is 11.6 Å². The third kappa shape index (κ3) is 4.66. The van der Waals surface area contributed by atoms with Gasteiger partial charge >= 0.3 is 6.61 Å². The van der Waals surface area contributed by atoms with Crippen LogP contribution in [0, 0.1) is 0 Å². The van der Waals surface area contributed by atoms with Gasteiger partial charge in [-0.05, 0) is 43.5 Å². The van der Waals surface area contributed by atoms with Crippen LogP contribution in [0.15, 0.2) is 42.6 Å². The van der Waals surface area contributed by atoms with Crippen LogP contribution in [0.4, 0.5) is 14.6 Å². The molecule has 1 fully saturated rings. The Morgan fingerprint density at radius 1 is 1.20 bits per heavy atom. The molecule has 0 saturated carbocycles. The normalized spacial score (nSPS) is 15.6. The Morgan fingerprint density at radius 2 is 1.96 bits per heavy atom. The molecule has 1 aliphatic heterocycles. The maximum absolute atomic E-state index is 12.6. The van der Waals surface area contributed by atoms with Gasteiger partial charge in [-0.3, -0.25) is 0 Å². The van der Waals surface area contributed by atoms with E-state index in [2.05, 4.69) is 26.0 Å². The number of halogens is 2. The number of para-hydroxylation sites is 1. The molecule has 2 aromatic rings. The quantitative estimate of drug-likeness (QED) is 0.817. The van der Waals surface area contributed by atoms with Crippen LogP contribution in [0.2, 0.25) is 0 Å². The Morgan fingerprint density at radius 3 is 2.72 bits per heavy atom. The van der Waals surface area contributed by atoms with Gasteiger partial charge in [0.15, 0.2) is 0 Å². The van der Waals surface area contributed by atoms with Gasteiger partial charge in [-0.25, -0.2) is 4.98 Å². The zero-order valence-electron chi connectivity index (χ0n) is 14.3. The molecular formula is C19H23F2N3O. The highest BCUT2D eigenvalue weighted by atomic mass is 19.3. The summed E-state index contributed by atoms with van der Waals surface area (Å²) in [7, 11) is 0. The van der Waals surface area contributed by atoms with Crippen LogP contribution in [0.25, 0.3) is 0 Å². The van der Waals surface area contributed by atoms with Gasteiger partial charge in [0.25, 0.3) is 0 Å². The van der Waals surface area contributed by atoms with Crippen molar-refractivity contribution in [3.05, 3.63) is 53.7 Å². The van der Waals surface area contributed by atoms with Crippen molar-refractivity contribution in [1.82, 2.24) is 10.3 Å². The van der Waals surface area contributed by atoms with Gasteiger partial charge in [0, 0.05) is 37.4 Å². The summed E-state index contributed by atoms with van der Waals surface area (Å²) in [4.78, 5) is 6.74. The second-order valence-electron chi connectivity index (χ2n) is 6.24. The first-order valence-electron chi connectivity index (χ1n) is 8.60. The van der Waals surface area contributed by atoms with E-state index >= 15 is 0 Å². The van der Waals surface area contributed by atoms with E-state index in [1.54, 1.807) is 18.2 Å². The highest BCUT2D eigenvalue weighted by Crippen LogP contribution is 2.26. The summed E-state index contributed by atoms with van der Waals surface area (Å²) < 4.78 is 29.7. The minimum atomic E-state index is -2.82. The molecule has 1 N–H and O–H groups in total. The molecule has 1 aromatic heterocycles. The van der Waals surface area contributed by atoms with Crippen molar-refractivity contribution < 1.29 is 13.5 Å². The van der Waals surface area contributed by atoms with Crippen molar-refractivity contribution in [2.75, 3.05) is 18.0 Å². The summed E-state index contributed by atoms with van der Waals surface area (Å²) in [6, 6.07) is 10.8. The maximum atomic E-state index is 12.6.